The summed E-state index contributed by atoms with van der Waals surface area (Å²) in [4.78, 5) is 8.49. The molecule has 1 aliphatic carbocycles. The molecule has 0 bridgehead atoms. The van der Waals surface area contributed by atoms with Crippen molar-refractivity contribution in [2.45, 2.75) is 18.5 Å². The van der Waals surface area contributed by atoms with Crippen molar-refractivity contribution in [3.8, 4) is 23.0 Å². The summed E-state index contributed by atoms with van der Waals surface area (Å²) in [5, 5.41) is 13.4. The van der Waals surface area contributed by atoms with E-state index < -0.39 is 11.7 Å². The van der Waals surface area contributed by atoms with Gasteiger partial charge in [0.05, 0.1) is 15.6 Å². The Balaban J connectivity index is 1.47. The van der Waals surface area contributed by atoms with E-state index in [-0.39, 0.29) is 40.6 Å². The van der Waals surface area contributed by atoms with Gasteiger partial charge in [0.25, 0.3) is 5.89 Å². The molecule has 6 nitrogen and oxygen atoms in total. The molecule has 0 saturated heterocycles. The Morgan fingerprint density at radius 1 is 1.13 bits per heavy atom. The van der Waals surface area contributed by atoms with Crippen LogP contribution in [0, 0.1) is 5.92 Å². The molecule has 1 saturated carbocycles. The predicted octanol–water partition coefficient (Wildman–Crippen LogP) is 5.47. The van der Waals surface area contributed by atoms with Gasteiger partial charge in [-0.1, -0.05) is 34.4 Å². The molecule has 31 heavy (non-hydrogen) atoms. The maximum absolute atomic E-state index is 13.0. The smallest absolute Gasteiger partial charge is 0.396 e. The lowest BCUT2D eigenvalue weighted by molar-refractivity contribution is -0.137. The van der Waals surface area contributed by atoms with E-state index in [0.29, 0.717) is 16.5 Å². The average molecular weight is 469 g/mol. The molecule has 2 atom stereocenters. The van der Waals surface area contributed by atoms with Crippen molar-refractivity contribution in [2.75, 3.05) is 6.61 Å². The molecular weight excluding hydrogens is 456 g/mol. The number of rotatable bonds is 4. The third-order valence-corrected chi connectivity index (χ3v) is 5.89. The largest absolute Gasteiger partial charge is 0.417 e. The van der Waals surface area contributed by atoms with Gasteiger partial charge in [-0.25, -0.2) is 4.98 Å². The number of halogens is 5. The first kappa shape index (κ1) is 20.3. The maximum atomic E-state index is 13.0. The van der Waals surface area contributed by atoms with Crippen LogP contribution in [0.25, 0.3) is 28.6 Å². The minimum Gasteiger partial charge on any atom is -0.396 e. The molecule has 1 N–H and O–H groups in total. The number of hydrogen-bond acceptors (Lipinski definition) is 5. The van der Waals surface area contributed by atoms with Gasteiger partial charge < -0.3 is 14.0 Å². The molecule has 0 radical (unpaired) electrons. The number of aliphatic hydroxyl groups is 1. The minimum atomic E-state index is -4.54. The summed E-state index contributed by atoms with van der Waals surface area (Å²) < 4.78 is 45.5. The van der Waals surface area contributed by atoms with Gasteiger partial charge in [0.15, 0.2) is 5.65 Å². The van der Waals surface area contributed by atoms with Crippen molar-refractivity contribution in [1.29, 1.82) is 0 Å². The topological polar surface area (TPSA) is 76.5 Å². The third-order valence-electron chi connectivity index (χ3n) is 5.30. The molecule has 2 unspecified atom stereocenters. The first-order valence-electron chi connectivity index (χ1n) is 9.25. The van der Waals surface area contributed by atoms with Crippen molar-refractivity contribution in [1.82, 2.24) is 19.5 Å². The summed E-state index contributed by atoms with van der Waals surface area (Å²) in [6, 6.07) is 6.31. The fraction of sp³-hybridized carbons (Fsp3) is 0.250. The molecule has 4 aromatic rings. The number of benzene rings is 1. The number of pyridine rings is 1. The zero-order valence-electron chi connectivity index (χ0n) is 15.6. The van der Waals surface area contributed by atoms with Gasteiger partial charge in [-0.15, -0.1) is 0 Å². The van der Waals surface area contributed by atoms with Crippen LogP contribution in [0.1, 0.15) is 23.5 Å². The molecule has 3 aromatic heterocycles. The molecule has 0 aliphatic heterocycles. The fourth-order valence-corrected chi connectivity index (χ4v) is 4.08. The monoisotopic (exact) mass is 468 g/mol. The van der Waals surface area contributed by atoms with E-state index >= 15 is 0 Å². The van der Waals surface area contributed by atoms with E-state index in [4.69, 9.17) is 27.7 Å². The lowest BCUT2D eigenvalue weighted by Crippen LogP contribution is -2.06. The Labute approximate surface area is 183 Å². The standard InChI is InChI=1S/C20H13Cl2F3N4O2/c21-14-4-9(13-3-10(13)8-30)1-2-12(14)17-27-19(31-28-17)16-7-29-6-11(20(23,24)25)5-15(22)18(29)26-16/h1-2,4-7,10,13,30H,3,8H2. The molecule has 5 rings (SSSR count). The van der Waals surface area contributed by atoms with Crippen LogP contribution in [0.15, 0.2) is 41.2 Å². The number of fused-ring (bicyclic) bond motifs is 1. The fourth-order valence-electron chi connectivity index (χ4n) is 3.55. The van der Waals surface area contributed by atoms with Crippen molar-refractivity contribution < 1.29 is 22.8 Å². The van der Waals surface area contributed by atoms with Gasteiger partial charge in [-0.3, -0.25) is 0 Å². The summed E-state index contributed by atoms with van der Waals surface area (Å²) in [6.07, 6.45) is -1.39. The average Bonchev–Trinajstić information content (AvgIpc) is 3.12. The van der Waals surface area contributed by atoms with Crippen LogP contribution < -0.4 is 0 Å². The number of nitrogens with zero attached hydrogens (tertiary/aromatic N) is 4. The molecule has 11 heteroatoms. The van der Waals surface area contributed by atoms with Gasteiger partial charge in [-0.05, 0) is 42.0 Å². The molecular formula is C20H13Cl2F3N4O2. The summed E-state index contributed by atoms with van der Waals surface area (Å²) in [5.74, 6) is 0.798. The highest BCUT2D eigenvalue weighted by molar-refractivity contribution is 6.33. The van der Waals surface area contributed by atoms with Gasteiger partial charge in [0, 0.05) is 24.6 Å². The Morgan fingerprint density at radius 2 is 1.94 bits per heavy atom. The molecule has 0 amide bonds. The number of aromatic nitrogens is 4. The summed E-state index contributed by atoms with van der Waals surface area (Å²) in [5.41, 5.74) is 0.993. The van der Waals surface area contributed by atoms with Crippen molar-refractivity contribution in [3.63, 3.8) is 0 Å². The Bertz CT molecular complexity index is 1300. The van der Waals surface area contributed by atoms with Crippen molar-refractivity contribution in [3.05, 3.63) is 57.8 Å². The molecule has 3 heterocycles. The molecule has 1 aliphatic rings. The van der Waals surface area contributed by atoms with Crippen LogP contribution in [-0.2, 0) is 6.18 Å². The predicted molar refractivity (Wildman–Crippen MR) is 107 cm³/mol. The second kappa shape index (κ2) is 7.22. The second-order valence-corrected chi connectivity index (χ2v) is 8.19. The minimum absolute atomic E-state index is 0.0194. The number of alkyl halides is 3. The summed E-state index contributed by atoms with van der Waals surface area (Å²) >= 11 is 12.4. The van der Waals surface area contributed by atoms with E-state index in [1.165, 1.54) is 10.6 Å². The van der Waals surface area contributed by atoms with Crippen LogP contribution >= 0.6 is 23.2 Å². The summed E-state index contributed by atoms with van der Waals surface area (Å²) in [6.45, 7) is 0.145. The van der Waals surface area contributed by atoms with Crippen LogP contribution in [0.5, 0.6) is 0 Å². The van der Waals surface area contributed by atoms with Gasteiger partial charge in [0.1, 0.15) is 5.69 Å². The highest BCUT2D eigenvalue weighted by atomic mass is 35.5. The maximum Gasteiger partial charge on any atom is 0.417 e. The van der Waals surface area contributed by atoms with Gasteiger partial charge in [0.2, 0.25) is 5.82 Å². The number of aliphatic hydroxyl groups excluding tert-OH is 1. The highest BCUT2D eigenvalue weighted by Gasteiger charge is 2.37. The van der Waals surface area contributed by atoms with Gasteiger partial charge >= 0.3 is 6.18 Å². The Hall–Kier alpha value is -2.62. The lowest BCUT2D eigenvalue weighted by Gasteiger charge is -2.07. The Morgan fingerprint density at radius 3 is 2.61 bits per heavy atom. The SMILES string of the molecule is OCC1CC1c1ccc(-c2noc(-c3cn4cc(C(F)(F)F)cc(Cl)c4n3)n2)c(Cl)c1. The first-order chi connectivity index (χ1) is 14.7. The number of hydrogen-bond donors (Lipinski definition) is 1. The van der Waals surface area contributed by atoms with E-state index in [9.17, 15) is 18.3 Å². The third kappa shape index (κ3) is 3.66. The van der Waals surface area contributed by atoms with E-state index in [1.807, 2.05) is 12.1 Å². The van der Waals surface area contributed by atoms with Crippen LogP contribution in [0.2, 0.25) is 10.0 Å². The second-order valence-electron chi connectivity index (χ2n) is 7.38. The first-order valence-corrected chi connectivity index (χ1v) is 10.0. The highest BCUT2D eigenvalue weighted by Crippen LogP contribution is 2.48. The molecule has 160 valence electrons. The van der Waals surface area contributed by atoms with E-state index in [2.05, 4.69) is 15.1 Å². The lowest BCUT2D eigenvalue weighted by atomic mass is 10.1. The van der Waals surface area contributed by atoms with Crippen molar-refractivity contribution in [2.24, 2.45) is 5.92 Å². The Kier molecular flexibility index (Phi) is 4.72. The van der Waals surface area contributed by atoms with Crippen LogP contribution in [0.3, 0.4) is 0 Å². The van der Waals surface area contributed by atoms with E-state index in [1.54, 1.807) is 6.07 Å². The molecule has 1 fully saturated rings. The van der Waals surface area contributed by atoms with Crippen LogP contribution in [-0.4, -0.2) is 31.2 Å². The van der Waals surface area contributed by atoms with Crippen molar-refractivity contribution >= 4 is 28.8 Å². The summed E-state index contributed by atoms with van der Waals surface area (Å²) in [7, 11) is 0. The number of imidazole rings is 1. The van der Waals surface area contributed by atoms with E-state index in [0.717, 1.165) is 24.2 Å². The normalized spacial score (nSPS) is 18.6. The zero-order valence-corrected chi connectivity index (χ0v) is 17.1. The quantitative estimate of drug-likeness (QED) is 0.429. The van der Waals surface area contributed by atoms with Crippen LogP contribution in [0.4, 0.5) is 13.2 Å². The zero-order chi connectivity index (χ0) is 21.9. The molecule has 0 spiro atoms. The molecule has 1 aromatic carbocycles. The van der Waals surface area contributed by atoms with Gasteiger partial charge in [-0.2, -0.15) is 18.2 Å².